The van der Waals surface area contributed by atoms with Crippen molar-refractivity contribution in [1.29, 1.82) is 0 Å². The fraction of sp³-hybridized carbons (Fsp3) is 0.919. The maximum atomic E-state index is 12.5. The molecule has 0 amide bonds. The Morgan fingerprint density at radius 3 is 1.14 bits per heavy atom. The Balaban J connectivity index is 4.31. The first kappa shape index (κ1) is 41.4. The smallest absolute Gasteiger partial charge is 0.306 e. The lowest BCUT2D eigenvalue weighted by Gasteiger charge is -2.18. The normalized spacial score (nSPS) is 12.1. The van der Waals surface area contributed by atoms with Gasteiger partial charge in [0.15, 0.2) is 6.10 Å². The van der Waals surface area contributed by atoms with Crippen LogP contribution in [0.25, 0.3) is 0 Å². The Hall–Kier alpha value is -1.59. The van der Waals surface area contributed by atoms with Crippen LogP contribution in [0.15, 0.2) is 0 Å². The lowest BCUT2D eigenvalue weighted by Crippen LogP contribution is -2.30. The third-order valence-electron chi connectivity index (χ3n) is 7.97. The second kappa shape index (κ2) is 30.4. The molecule has 0 N–H and O–H groups in total. The highest BCUT2D eigenvalue weighted by molar-refractivity contribution is 5.71. The van der Waals surface area contributed by atoms with Crippen LogP contribution in [0.3, 0.4) is 0 Å². The molecule has 0 aromatic carbocycles. The van der Waals surface area contributed by atoms with Crippen LogP contribution in [0.1, 0.15) is 189 Å². The van der Waals surface area contributed by atoms with Crippen molar-refractivity contribution in [1.82, 2.24) is 0 Å². The lowest BCUT2D eigenvalue weighted by atomic mass is 10.0. The van der Waals surface area contributed by atoms with Crippen LogP contribution in [0, 0.1) is 11.8 Å². The van der Waals surface area contributed by atoms with Gasteiger partial charge in [-0.25, -0.2) is 0 Å². The average molecular weight is 611 g/mol. The minimum absolute atomic E-state index is 0.0689. The Morgan fingerprint density at radius 2 is 0.767 bits per heavy atom. The minimum Gasteiger partial charge on any atom is -0.462 e. The van der Waals surface area contributed by atoms with Crippen molar-refractivity contribution < 1.29 is 28.6 Å². The van der Waals surface area contributed by atoms with Gasteiger partial charge < -0.3 is 14.2 Å². The van der Waals surface area contributed by atoms with Gasteiger partial charge in [-0.3, -0.25) is 14.4 Å². The molecule has 0 aliphatic carbocycles. The van der Waals surface area contributed by atoms with Crippen LogP contribution in [-0.2, 0) is 28.6 Å². The van der Waals surface area contributed by atoms with E-state index in [0.29, 0.717) is 19.3 Å². The molecule has 1 atom stereocenters. The summed E-state index contributed by atoms with van der Waals surface area (Å²) in [6.45, 7) is 11.1. The molecule has 43 heavy (non-hydrogen) atoms. The fourth-order valence-corrected chi connectivity index (χ4v) is 5.16. The summed E-state index contributed by atoms with van der Waals surface area (Å²) in [6.07, 6.45) is 24.2. The molecule has 6 heteroatoms. The van der Waals surface area contributed by atoms with E-state index in [-0.39, 0.29) is 31.1 Å². The zero-order valence-electron chi connectivity index (χ0n) is 29.1. The monoisotopic (exact) mass is 611 g/mol. The second-order valence-corrected chi connectivity index (χ2v) is 13.5. The van der Waals surface area contributed by atoms with Gasteiger partial charge in [0.05, 0.1) is 0 Å². The van der Waals surface area contributed by atoms with E-state index in [0.717, 1.165) is 76.0 Å². The van der Waals surface area contributed by atoms with E-state index in [1.54, 1.807) is 0 Å². The summed E-state index contributed by atoms with van der Waals surface area (Å²) < 4.78 is 16.4. The first-order valence-corrected chi connectivity index (χ1v) is 18.2. The van der Waals surface area contributed by atoms with E-state index >= 15 is 0 Å². The number of carbonyl (C=O) groups is 3. The van der Waals surface area contributed by atoms with Gasteiger partial charge in [0.1, 0.15) is 13.2 Å². The largest absolute Gasteiger partial charge is 0.462 e. The van der Waals surface area contributed by atoms with Crippen molar-refractivity contribution >= 4 is 17.9 Å². The molecule has 0 aliphatic rings. The molecule has 0 aromatic rings. The molecule has 0 unspecified atom stereocenters. The fourth-order valence-electron chi connectivity index (χ4n) is 5.16. The van der Waals surface area contributed by atoms with Crippen molar-refractivity contribution in [2.24, 2.45) is 11.8 Å². The number of hydrogen-bond acceptors (Lipinski definition) is 6. The summed E-state index contributed by atoms with van der Waals surface area (Å²) in [5, 5.41) is 0. The van der Waals surface area contributed by atoms with Crippen LogP contribution < -0.4 is 0 Å². The van der Waals surface area contributed by atoms with Gasteiger partial charge in [0.2, 0.25) is 0 Å². The van der Waals surface area contributed by atoms with Gasteiger partial charge in [-0.15, -0.1) is 0 Å². The molecule has 0 heterocycles. The molecule has 254 valence electrons. The standard InChI is InChI=1S/C37H70O6/c1-6-7-8-15-22-27-35(38)41-30-34(43-37(40)29-24-19-14-13-17-21-26-33(4)5)31-42-36(39)28-23-18-12-10-9-11-16-20-25-32(2)3/h32-34H,6-31H2,1-5H3/t34-/m0/s1. The van der Waals surface area contributed by atoms with E-state index in [1.165, 1.54) is 70.6 Å². The highest BCUT2D eigenvalue weighted by Crippen LogP contribution is 2.15. The van der Waals surface area contributed by atoms with Gasteiger partial charge in [-0.1, -0.05) is 150 Å². The van der Waals surface area contributed by atoms with Crippen LogP contribution >= 0.6 is 0 Å². The number of esters is 3. The van der Waals surface area contributed by atoms with Crippen LogP contribution in [-0.4, -0.2) is 37.2 Å². The van der Waals surface area contributed by atoms with E-state index in [9.17, 15) is 14.4 Å². The predicted octanol–water partition coefficient (Wildman–Crippen LogP) is 10.7. The number of ether oxygens (including phenoxy) is 3. The molecule has 0 saturated heterocycles. The van der Waals surface area contributed by atoms with Gasteiger partial charge in [0.25, 0.3) is 0 Å². The van der Waals surface area contributed by atoms with Gasteiger partial charge in [-0.2, -0.15) is 0 Å². The molecule has 0 spiro atoms. The lowest BCUT2D eigenvalue weighted by molar-refractivity contribution is -0.167. The zero-order valence-corrected chi connectivity index (χ0v) is 29.1. The number of hydrogen-bond donors (Lipinski definition) is 0. The SMILES string of the molecule is CCCCCCCC(=O)OC[C@@H](COC(=O)CCCCCCCCCCC(C)C)OC(=O)CCCCCCCCC(C)C. The molecule has 0 aliphatic heterocycles. The van der Waals surface area contributed by atoms with Crippen LogP contribution in [0.2, 0.25) is 0 Å². The summed E-state index contributed by atoms with van der Waals surface area (Å²) in [7, 11) is 0. The van der Waals surface area contributed by atoms with E-state index in [2.05, 4.69) is 34.6 Å². The van der Waals surface area contributed by atoms with Crippen molar-refractivity contribution in [2.45, 2.75) is 195 Å². The average Bonchev–Trinajstić information content (AvgIpc) is 2.96. The van der Waals surface area contributed by atoms with Crippen LogP contribution in [0.4, 0.5) is 0 Å². The van der Waals surface area contributed by atoms with E-state index < -0.39 is 6.10 Å². The first-order chi connectivity index (χ1) is 20.7. The second-order valence-electron chi connectivity index (χ2n) is 13.5. The maximum Gasteiger partial charge on any atom is 0.306 e. The quantitative estimate of drug-likeness (QED) is 0.0441. The maximum absolute atomic E-state index is 12.5. The molecular formula is C37H70O6. The van der Waals surface area contributed by atoms with Gasteiger partial charge in [-0.05, 0) is 31.1 Å². The summed E-state index contributed by atoms with van der Waals surface area (Å²) in [5.74, 6) is 0.665. The minimum atomic E-state index is -0.757. The summed E-state index contributed by atoms with van der Waals surface area (Å²) >= 11 is 0. The summed E-state index contributed by atoms with van der Waals surface area (Å²) in [4.78, 5) is 37.1. The molecule has 6 nitrogen and oxygen atoms in total. The van der Waals surface area contributed by atoms with Crippen molar-refractivity contribution in [3.05, 3.63) is 0 Å². The molecule has 0 fully saturated rings. The summed E-state index contributed by atoms with van der Waals surface area (Å²) in [5.41, 5.74) is 0. The Bertz CT molecular complexity index is 659. The Labute approximate surface area is 266 Å². The molecular weight excluding hydrogens is 540 g/mol. The third kappa shape index (κ3) is 31.6. The number of carbonyl (C=O) groups excluding carboxylic acids is 3. The molecule has 0 aromatic heterocycles. The highest BCUT2D eigenvalue weighted by atomic mass is 16.6. The van der Waals surface area contributed by atoms with E-state index in [1.807, 2.05) is 0 Å². The molecule has 0 radical (unpaired) electrons. The number of unbranched alkanes of at least 4 members (excludes halogenated alkanes) is 16. The van der Waals surface area contributed by atoms with Crippen molar-refractivity contribution in [3.63, 3.8) is 0 Å². The molecule has 0 saturated carbocycles. The molecule has 0 rings (SSSR count). The van der Waals surface area contributed by atoms with Crippen molar-refractivity contribution in [2.75, 3.05) is 13.2 Å². The topological polar surface area (TPSA) is 78.9 Å². The van der Waals surface area contributed by atoms with Gasteiger partial charge >= 0.3 is 17.9 Å². The highest BCUT2D eigenvalue weighted by Gasteiger charge is 2.19. The third-order valence-corrected chi connectivity index (χ3v) is 7.97. The summed E-state index contributed by atoms with van der Waals surface area (Å²) in [6, 6.07) is 0. The predicted molar refractivity (Wildman–Crippen MR) is 178 cm³/mol. The Kier molecular flexibility index (Phi) is 29.3. The first-order valence-electron chi connectivity index (χ1n) is 18.2. The van der Waals surface area contributed by atoms with Crippen molar-refractivity contribution in [3.8, 4) is 0 Å². The molecule has 0 bridgehead atoms. The van der Waals surface area contributed by atoms with E-state index in [4.69, 9.17) is 14.2 Å². The van der Waals surface area contributed by atoms with Crippen LogP contribution in [0.5, 0.6) is 0 Å². The zero-order chi connectivity index (χ0) is 32.0. The number of rotatable bonds is 31. The Morgan fingerprint density at radius 1 is 0.442 bits per heavy atom. The van der Waals surface area contributed by atoms with Gasteiger partial charge in [0, 0.05) is 19.3 Å².